The number of ether oxygens (including phenoxy) is 1. The van der Waals surface area contributed by atoms with Crippen molar-refractivity contribution in [1.29, 1.82) is 0 Å². The summed E-state index contributed by atoms with van der Waals surface area (Å²) in [5, 5.41) is 6.84. The van der Waals surface area contributed by atoms with Crippen LogP contribution in [0.3, 0.4) is 0 Å². The molecule has 0 aliphatic heterocycles. The third-order valence-corrected chi connectivity index (χ3v) is 3.30. The molecule has 0 saturated carbocycles. The second-order valence-electron chi connectivity index (χ2n) is 4.80. The first-order valence-electron chi connectivity index (χ1n) is 6.82. The van der Waals surface area contributed by atoms with Crippen molar-refractivity contribution in [3.05, 3.63) is 34.9 Å². The second-order valence-corrected chi connectivity index (χ2v) is 5.24. The number of halogens is 1. The summed E-state index contributed by atoms with van der Waals surface area (Å²) in [4.78, 5) is 11.9. The average molecular weight is 299 g/mol. The molecule has 0 aromatic heterocycles. The molecule has 0 fully saturated rings. The Morgan fingerprint density at radius 3 is 2.80 bits per heavy atom. The Morgan fingerprint density at radius 1 is 1.40 bits per heavy atom. The molecule has 1 aromatic rings. The monoisotopic (exact) mass is 298 g/mol. The number of carbonyl (C=O) groups is 1. The lowest BCUT2D eigenvalue weighted by molar-refractivity contribution is -0.122. The molecule has 0 aliphatic rings. The van der Waals surface area contributed by atoms with E-state index in [0.717, 1.165) is 12.0 Å². The molecule has 2 N–H and O–H groups in total. The molecule has 5 heteroatoms. The topological polar surface area (TPSA) is 50.4 Å². The predicted molar refractivity (Wildman–Crippen MR) is 82.0 cm³/mol. The van der Waals surface area contributed by atoms with Crippen LogP contribution in [0.25, 0.3) is 0 Å². The van der Waals surface area contributed by atoms with Gasteiger partial charge in [0.25, 0.3) is 0 Å². The molecule has 112 valence electrons. The van der Waals surface area contributed by atoms with E-state index in [1.807, 2.05) is 38.1 Å². The van der Waals surface area contributed by atoms with E-state index in [1.165, 1.54) is 0 Å². The van der Waals surface area contributed by atoms with Crippen LogP contribution < -0.4 is 10.6 Å². The number of amides is 1. The van der Waals surface area contributed by atoms with Crippen molar-refractivity contribution in [3.8, 4) is 0 Å². The van der Waals surface area contributed by atoms with Crippen LogP contribution in [0.2, 0.25) is 5.02 Å². The number of hydrogen-bond acceptors (Lipinski definition) is 3. The number of carbonyl (C=O) groups excluding carboxylic acids is 1. The summed E-state index contributed by atoms with van der Waals surface area (Å²) in [6.07, 6.45) is 0.818. The van der Waals surface area contributed by atoms with Gasteiger partial charge in [-0.15, -0.1) is 0 Å². The number of nitrogens with one attached hydrogen (secondary N) is 2. The molecule has 1 aromatic carbocycles. The highest BCUT2D eigenvalue weighted by atomic mass is 35.5. The van der Waals surface area contributed by atoms with E-state index in [1.54, 1.807) is 7.11 Å². The zero-order chi connectivity index (χ0) is 15.0. The third kappa shape index (κ3) is 5.90. The molecule has 1 rings (SSSR count). The lowest BCUT2D eigenvalue weighted by atomic mass is 10.1. The first kappa shape index (κ1) is 17.0. The zero-order valence-corrected chi connectivity index (χ0v) is 13.0. The summed E-state index contributed by atoms with van der Waals surface area (Å²) < 4.78 is 4.94. The Kier molecular flexibility index (Phi) is 7.59. The van der Waals surface area contributed by atoms with E-state index in [-0.39, 0.29) is 18.0 Å². The molecule has 0 aliphatic carbocycles. The quantitative estimate of drug-likeness (QED) is 0.725. The van der Waals surface area contributed by atoms with E-state index < -0.39 is 0 Å². The van der Waals surface area contributed by atoms with Crippen molar-refractivity contribution in [2.24, 2.45) is 0 Å². The minimum Gasteiger partial charge on any atom is -0.385 e. The van der Waals surface area contributed by atoms with Crippen LogP contribution in [-0.2, 0) is 9.53 Å². The minimum atomic E-state index is -0.258. The molecule has 4 nitrogen and oxygen atoms in total. The molecule has 2 unspecified atom stereocenters. The van der Waals surface area contributed by atoms with Gasteiger partial charge in [-0.2, -0.15) is 0 Å². The summed E-state index contributed by atoms with van der Waals surface area (Å²) in [7, 11) is 1.65. The van der Waals surface area contributed by atoms with Crippen LogP contribution >= 0.6 is 11.6 Å². The lowest BCUT2D eigenvalue weighted by Gasteiger charge is -2.20. The Labute approximate surface area is 125 Å². The normalized spacial score (nSPS) is 13.8. The summed E-state index contributed by atoms with van der Waals surface area (Å²) in [6.45, 7) is 5.15. The van der Waals surface area contributed by atoms with Gasteiger partial charge < -0.3 is 10.1 Å². The van der Waals surface area contributed by atoms with Crippen molar-refractivity contribution in [2.75, 3.05) is 20.3 Å². The van der Waals surface area contributed by atoms with Crippen molar-refractivity contribution < 1.29 is 9.53 Å². The van der Waals surface area contributed by atoms with Crippen LogP contribution in [-0.4, -0.2) is 32.2 Å². The van der Waals surface area contributed by atoms with E-state index in [4.69, 9.17) is 16.3 Å². The van der Waals surface area contributed by atoms with Crippen LogP contribution in [0.4, 0.5) is 0 Å². The SMILES string of the molecule is COCCCNC(=O)C(C)NC(C)c1cccc(Cl)c1. The number of hydrogen-bond donors (Lipinski definition) is 2. The highest BCUT2D eigenvalue weighted by molar-refractivity contribution is 6.30. The fourth-order valence-corrected chi connectivity index (χ4v) is 2.10. The summed E-state index contributed by atoms with van der Waals surface area (Å²) in [5.74, 6) is -0.00465. The van der Waals surface area contributed by atoms with Gasteiger partial charge in [-0.3, -0.25) is 10.1 Å². The van der Waals surface area contributed by atoms with Crippen molar-refractivity contribution in [1.82, 2.24) is 10.6 Å². The van der Waals surface area contributed by atoms with Crippen LogP contribution in [0, 0.1) is 0 Å². The third-order valence-electron chi connectivity index (χ3n) is 3.07. The number of rotatable bonds is 8. The van der Waals surface area contributed by atoms with Gasteiger partial charge in [-0.05, 0) is 38.0 Å². The largest absolute Gasteiger partial charge is 0.385 e. The number of methoxy groups -OCH3 is 1. The molecule has 0 heterocycles. The molecular weight excluding hydrogens is 276 g/mol. The second kappa shape index (κ2) is 8.95. The van der Waals surface area contributed by atoms with Crippen LogP contribution in [0.15, 0.2) is 24.3 Å². The van der Waals surface area contributed by atoms with E-state index in [2.05, 4.69) is 10.6 Å². The van der Waals surface area contributed by atoms with Crippen LogP contribution in [0.5, 0.6) is 0 Å². The molecular formula is C15H23ClN2O2. The molecule has 1 amide bonds. The van der Waals surface area contributed by atoms with Gasteiger partial charge in [0.1, 0.15) is 0 Å². The molecule has 0 radical (unpaired) electrons. The van der Waals surface area contributed by atoms with E-state index in [0.29, 0.717) is 18.2 Å². The molecule has 0 spiro atoms. The first-order chi connectivity index (χ1) is 9.54. The maximum absolute atomic E-state index is 11.9. The summed E-state index contributed by atoms with van der Waals surface area (Å²) in [6, 6.07) is 7.45. The predicted octanol–water partition coefficient (Wildman–Crippen LogP) is 2.53. The standard InChI is InChI=1S/C15H23ClN2O2/c1-11(13-6-4-7-14(16)10-13)18-12(2)15(19)17-8-5-9-20-3/h4,6-7,10-12,18H,5,8-9H2,1-3H3,(H,17,19). The van der Waals surface area contributed by atoms with Gasteiger partial charge in [-0.25, -0.2) is 0 Å². The van der Waals surface area contributed by atoms with Crippen molar-refractivity contribution in [3.63, 3.8) is 0 Å². The van der Waals surface area contributed by atoms with Gasteiger partial charge in [0.2, 0.25) is 5.91 Å². The van der Waals surface area contributed by atoms with Gasteiger partial charge in [-0.1, -0.05) is 23.7 Å². The fourth-order valence-electron chi connectivity index (χ4n) is 1.90. The fraction of sp³-hybridized carbons (Fsp3) is 0.533. The number of benzene rings is 1. The lowest BCUT2D eigenvalue weighted by Crippen LogP contribution is -2.43. The van der Waals surface area contributed by atoms with Crippen molar-refractivity contribution >= 4 is 17.5 Å². The van der Waals surface area contributed by atoms with Gasteiger partial charge in [0, 0.05) is 31.3 Å². The van der Waals surface area contributed by atoms with Crippen molar-refractivity contribution in [2.45, 2.75) is 32.4 Å². The van der Waals surface area contributed by atoms with Gasteiger partial charge in [0.05, 0.1) is 6.04 Å². The zero-order valence-electron chi connectivity index (χ0n) is 12.3. The molecule has 2 atom stereocenters. The molecule has 0 bridgehead atoms. The van der Waals surface area contributed by atoms with E-state index in [9.17, 15) is 4.79 Å². The Hall–Kier alpha value is -1.10. The Balaban J connectivity index is 2.40. The van der Waals surface area contributed by atoms with E-state index >= 15 is 0 Å². The maximum atomic E-state index is 11.9. The molecule has 0 saturated heterocycles. The summed E-state index contributed by atoms with van der Waals surface area (Å²) >= 11 is 5.97. The minimum absolute atomic E-state index is 0.00465. The smallest absolute Gasteiger partial charge is 0.236 e. The molecule has 20 heavy (non-hydrogen) atoms. The highest BCUT2D eigenvalue weighted by Crippen LogP contribution is 2.17. The van der Waals surface area contributed by atoms with Gasteiger partial charge >= 0.3 is 0 Å². The average Bonchev–Trinajstić information content (AvgIpc) is 2.43. The first-order valence-corrected chi connectivity index (χ1v) is 7.20. The Bertz CT molecular complexity index is 426. The van der Waals surface area contributed by atoms with Gasteiger partial charge in [0.15, 0.2) is 0 Å². The Morgan fingerprint density at radius 2 is 2.15 bits per heavy atom. The van der Waals surface area contributed by atoms with Crippen LogP contribution in [0.1, 0.15) is 31.9 Å². The maximum Gasteiger partial charge on any atom is 0.236 e. The highest BCUT2D eigenvalue weighted by Gasteiger charge is 2.15. The summed E-state index contributed by atoms with van der Waals surface area (Å²) in [5.41, 5.74) is 1.07.